The van der Waals surface area contributed by atoms with Crippen LogP contribution in [0.4, 0.5) is 13.2 Å². The first-order valence-corrected chi connectivity index (χ1v) is 16.2. The Morgan fingerprint density at radius 2 is 1.95 bits per heavy atom. The predicted octanol–water partition coefficient (Wildman–Crippen LogP) is 6.69. The van der Waals surface area contributed by atoms with Gasteiger partial charge in [0.2, 0.25) is 0 Å². The molecule has 8 atom stereocenters. The van der Waals surface area contributed by atoms with E-state index in [0.717, 1.165) is 30.5 Å². The van der Waals surface area contributed by atoms with E-state index in [1.54, 1.807) is 18.2 Å². The first-order chi connectivity index (χ1) is 20.6. The zero-order chi connectivity index (χ0) is 31.4. The minimum Gasteiger partial charge on any atom is -0.393 e. The topological polar surface area (TPSA) is 85.7 Å². The van der Waals surface area contributed by atoms with Gasteiger partial charge >= 0.3 is 6.18 Å². The number of hydrogen-bond donors (Lipinski definition) is 1. The van der Waals surface area contributed by atoms with Crippen molar-refractivity contribution in [1.82, 2.24) is 4.98 Å². The Morgan fingerprint density at radius 1 is 1.18 bits per heavy atom. The third kappa shape index (κ3) is 4.23. The van der Waals surface area contributed by atoms with Crippen molar-refractivity contribution in [3.8, 4) is 0 Å². The Bertz CT molecular complexity index is 1640. The number of aromatic nitrogens is 1. The number of rotatable bonds is 4. The zero-order valence-corrected chi connectivity index (χ0v) is 25.9. The molecule has 234 valence electrons. The Hall–Kier alpha value is -2.53. The number of aliphatic hydroxyl groups excluding tert-OH is 1. The first-order valence-electron chi connectivity index (χ1n) is 15.2. The molecule has 3 saturated carbocycles. The fourth-order valence-corrected chi connectivity index (χ4v) is 10.6. The molecule has 0 radical (unpaired) electrons. The van der Waals surface area contributed by atoms with Crippen molar-refractivity contribution < 1.29 is 37.3 Å². The van der Waals surface area contributed by atoms with Gasteiger partial charge in [0.05, 0.1) is 29.0 Å². The second kappa shape index (κ2) is 9.74. The van der Waals surface area contributed by atoms with E-state index < -0.39 is 46.2 Å². The number of Topliss-reactive ketones (excluding diaryl/α,β-unsaturated/α-hetero) is 1. The van der Waals surface area contributed by atoms with Crippen LogP contribution >= 0.6 is 11.8 Å². The molecule has 1 saturated heterocycles. The van der Waals surface area contributed by atoms with E-state index >= 15 is 0 Å². The Kier molecular flexibility index (Phi) is 6.67. The monoisotopic (exact) mass is 627 g/mol. The summed E-state index contributed by atoms with van der Waals surface area (Å²) in [4.78, 5) is 31.5. The summed E-state index contributed by atoms with van der Waals surface area (Å²) >= 11 is 1.26. The molecular formula is C34H36F3NO5S. The van der Waals surface area contributed by atoms with Gasteiger partial charge in [-0.1, -0.05) is 31.6 Å². The van der Waals surface area contributed by atoms with Gasteiger partial charge < -0.3 is 14.6 Å². The van der Waals surface area contributed by atoms with Gasteiger partial charge in [-0.05, 0) is 81.7 Å². The van der Waals surface area contributed by atoms with Crippen LogP contribution in [0.3, 0.4) is 0 Å². The number of halogens is 3. The molecule has 1 aliphatic heterocycles. The molecule has 44 heavy (non-hydrogen) atoms. The fourth-order valence-electron chi connectivity index (χ4n) is 9.60. The summed E-state index contributed by atoms with van der Waals surface area (Å²) in [5.74, 6) is -1.07. The number of ketones is 2. The molecule has 10 heteroatoms. The predicted molar refractivity (Wildman–Crippen MR) is 159 cm³/mol. The van der Waals surface area contributed by atoms with Gasteiger partial charge in [-0.3, -0.25) is 14.6 Å². The summed E-state index contributed by atoms with van der Waals surface area (Å²) in [6.45, 7) is 7.81. The summed E-state index contributed by atoms with van der Waals surface area (Å²) < 4.78 is 53.1. The number of hydrogen-bond acceptors (Lipinski definition) is 7. The number of pyridine rings is 1. The van der Waals surface area contributed by atoms with Crippen LogP contribution in [-0.4, -0.2) is 51.0 Å². The van der Waals surface area contributed by atoms with Crippen LogP contribution in [0.1, 0.15) is 58.9 Å². The van der Waals surface area contributed by atoms with Crippen molar-refractivity contribution in [1.29, 1.82) is 0 Å². The normalized spacial score (nSPS) is 39.0. The first kappa shape index (κ1) is 30.1. The summed E-state index contributed by atoms with van der Waals surface area (Å²) in [7, 11) is 0. The molecule has 7 rings (SSSR count). The Labute approximate surface area is 258 Å². The molecule has 1 aromatic carbocycles. The molecule has 0 spiro atoms. The van der Waals surface area contributed by atoms with Gasteiger partial charge in [0.1, 0.15) is 0 Å². The average molecular weight is 628 g/mol. The van der Waals surface area contributed by atoms with Crippen molar-refractivity contribution in [3.63, 3.8) is 0 Å². The smallest absolute Gasteiger partial charge is 0.393 e. The van der Waals surface area contributed by atoms with Gasteiger partial charge in [-0.25, -0.2) is 0 Å². The van der Waals surface area contributed by atoms with Gasteiger partial charge in [0.15, 0.2) is 23.0 Å². The highest BCUT2D eigenvalue weighted by molar-refractivity contribution is 8.00. The number of allylic oxidation sites excluding steroid dienone is 4. The van der Waals surface area contributed by atoms with Crippen LogP contribution in [0, 0.1) is 28.6 Å². The average Bonchev–Trinajstić information content (AvgIpc) is 3.36. The van der Waals surface area contributed by atoms with Crippen LogP contribution in [0.2, 0.25) is 0 Å². The molecule has 0 bridgehead atoms. The van der Waals surface area contributed by atoms with E-state index in [-0.39, 0.29) is 40.6 Å². The van der Waals surface area contributed by atoms with Crippen molar-refractivity contribution in [2.24, 2.45) is 28.6 Å². The van der Waals surface area contributed by atoms with Crippen LogP contribution in [0.5, 0.6) is 0 Å². The molecule has 2 heterocycles. The number of alkyl halides is 3. The largest absolute Gasteiger partial charge is 0.416 e. The van der Waals surface area contributed by atoms with Gasteiger partial charge in [-0.15, -0.1) is 11.8 Å². The number of benzene rings is 1. The van der Waals surface area contributed by atoms with E-state index in [1.165, 1.54) is 24.0 Å². The molecule has 0 amide bonds. The number of fused-ring (bicyclic) bond motifs is 8. The molecule has 6 nitrogen and oxygen atoms in total. The quantitative estimate of drug-likeness (QED) is 0.378. The third-order valence-electron chi connectivity index (χ3n) is 11.3. The van der Waals surface area contributed by atoms with E-state index in [0.29, 0.717) is 23.1 Å². The molecule has 5 unspecified atom stereocenters. The zero-order valence-electron chi connectivity index (χ0n) is 25.1. The lowest BCUT2D eigenvalue weighted by molar-refractivity contribution is -0.223. The number of ether oxygens (including phenoxy) is 2. The number of nitrogens with zero attached hydrogens (tertiary/aromatic N) is 1. The molecule has 4 aliphatic carbocycles. The lowest BCUT2D eigenvalue weighted by Crippen LogP contribution is -2.63. The highest BCUT2D eigenvalue weighted by Crippen LogP contribution is 2.70. The number of aliphatic hydroxyl groups is 1. The second-order valence-electron chi connectivity index (χ2n) is 14.0. The van der Waals surface area contributed by atoms with Crippen molar-refractivity contribution >= 4 is 34.2 Å². The van der Waals surface area contributed by atoms with Gasteiger partial charge in [-0.2, -0.15) is 13.2 Å². The minimum atomic E-state index is -4.48. The maximum Gasteiger partial charge on any atom is 0.416 e. The van der Waals surface area contributed by atoms with Crippen molar-refractivity contribution in [2.75, 3.05) is 5.75 Å². The Balaban J connectivity index is 1.21. The second-order valence-corrected chi connectivity index (χ2v) is 15.1. The van der Waals surface area contributed by atoms with Crippen molar-refractivity contribution in [2.45, 2.75) is 88.0 Å². The highest BCUT2D eigenvalue weighted by Gasteiger charge is 2.76. The lowest BCUT2D eigenvalue weighted by atomic mass is 9.46. The van der Waals surface area contributed by atoms with E-state index in [2.05, 4.69) is 18.8 Å². The van der Waals surface area contributed by atoms with E-state index in [4.69, 9.17) is 9.47 Å². The Morgan fingerprint density at radius 3 is 2.70 bits per heavy atom. The molecule has 4 fully saturated rings. The molecule has 1 aromatic heterocycles. The maximum atomic E-state index is 14.6. The number of carbonyl (C=O) groups is 2. The molecule has 2 aromatic rings. The third-order valence-corrected chi connectivity index (χ3v) is 12.4. The van der Waals surface area contributed by atoms with E-state index in [9.17, 15) is 27.9 Å². The SMILES string of the molecule is CC1(C)O[C@@H]2CC3C4CCC5=CC(=O)C=CC5(C)C4[C@@H](O)CC3(C)[C@]2(C(=O)CSc2ccnc3cc(C(F)(F)F)ccc23)O1. The summed E-state index contributed by atoms with van der Waals surface area (Å²) in [6.07, 6.45) is 3.61. The molecule has 1 N–H and O–H groups in total. The van der Waals surface area contributed by atoms with Crippen LogP contribution in [0.25, 0.3) is 10.9 Å². The number of carbonyl (C=O) groups excluding carboxylic acids is 2. The summed E-state index contributed by atoms with van der Waals surface area (Å²) in [5.41, 5.74) is -1.93. The molecular weight excluding hydrogens is 591 g/mol. The van der Waals surface area contributed by atoms with Crippen LogP contribution in [-0.2, 0) is 25.2 Å². The highest BCUT2D eigenvalue weighted by atomic mass is 32.2. The standard InChI is InChI=1S/C34H36F3NO5S/c1-30(2)42-28-15-23-21-7-5-18-13-20(39)9-11-31(18,3)29(21)25(40)16-32(23,4)33(28,43-30)27(41)17-44-26-10-12-38-24-14-19(34(35,36)37)6-8-22(24)26/h6,8-14,21,23,25,28-29,40H,5,7,15-17H2,1-4H3/t21?,23?,25-,28+,29?,31?,32?,33+/m0/s1. The molecule has 5 aliphatic rings. The van der Waals surface area contributed by atoms with Crippen LogP contribution < -0.4 is 0 Å². The van der Waals surface area contributed by atoms with E-state index in [1.807, 2.05) is 19.9 Å². The van der Waals surface area contributed by atoms with Gasteiger partial charge in [0, 0.05) is 33.2 Å². The summed E-state index contributed by atoms with van der Waals surface area (Å²) in [6, 6.07) is 5.17. The van der Waals surface area contributed by atoms with Crippen molar-refractivity contribution in [3.05, 3.63) is 59.8 Å². The minimum absolute atomic E-state index is 0.0182. The van der Waals surface area contributed by atoms with Gasteiger partial charge in [0.25, 0.3) is 0 Å². The fraction of sp³-hybridized carbons (Fsp3) is 0.559. The van der Waals surface area contributed by atoms with Crippen LogP contribution in [0.15, 0.2) is 59.2 Å². The lowest BCUT2D eigenvalue weighted by Gasteiger charge is -2.60. The number of thioether (sulfide) groups is 1. The summed E-state index contributed by atoms with van der Waals surface area (Å²) in [5, 5.41) is 12.4. The maximum absolute atomic E-state index is 14.6.